The van der Waals surface area contributed by atoms with Gasteiger partial charge in [-0.15, -0.1) is 0 Å². The molecule has 108 valence electrons. The molecule has 0 fully saturated rings. The minimum Gasteiger partial charge on any atom is -0.462 e. The molecular weight excluding hydrogens is 274 g/mol. The van der Waals surface area contributed by atoms with Gasteiger partial charge in [0.2, 0.25) is 11.7 Å². The van der Waals surface area contributed by atoms with Crippen molar-refractivity contribution in [1.29, 1.82) is 0 Å². The van der Waals surface area contributed by atoms with Crippen molar-refractivity contribution < 1.29 is 23.9 Å². The zero-order valence-corrected chi connectivity index (χ0v) is 11.3. The predicted octanol–water partition coefficient (Wildman–Crippen LogP) is 1.09. The van der Waals surface area contributed by atoms with Gasteiger partial charge in [-0.1, -0.05) is 30.3 Å². The summed E-state index contributed by atoms with van der Waals surface area (Å²) in [4.78, 5) is 35.6. The summed E-state index contributed by atoms with van der Waals surface area (Å²) < 4.78 is 9.71. The highest BCUT2D eigenvalue weighted by Crippen LogP contribution is 2.23. The molecule has 1 aliphatic rings. The Kier molecular flexibility index (Phi) is 4.18. The van der Waals surface area contributed by atoms with Crippen molar-refractivity contribution in [2.75, 3.05) is 6.61 Å². The molecule has 0 saturated carbocycles. The third-order valence-electron chi connectivity index (χ3n) is 2.72. The van der Waals surface area contributed by atoms with Gasteiger partial charge in [0, 0.05) is 11.6 Å². The molecule has 0 radical (unpaired) electrons. The van der Waals surface area contributed by atoms with Gasteiger partial charge in [-0.25, -0.2) is 4.79 Å². The first-order valence-electron chi connectivity index (χ1n) is 6.25. The van der Waals surface area contributed by atoms with E-state index < -0.39 is 17.5 Å². The Morgan fingerprint density at radius 2 is 1.95 bits per heavy atom. The average molecular weight is 287 g/mol. The summed E-state index contributed by atoms with van der Waals surface area (Å²) in [5.41, 5.74) is 5.50. The van der Waals surface area contributed by atoms with E-state index >= 15 is 0 Å². The van der Waals surface area contributed by atoms with Crippen molar-refractivity contribution in [3.63, 3.8) is 0 Å². The summed E-state index contributed by atoms with van der Waals surface area (Å²) in [5, 5.41) is 0. The van der Waals surface area contributed by atoms with Crippen LogP contribution in [0.1, 0.15) is 17.3 Å². The van der Waals surface area contributed by atoms with Crippen molar-refractivity contribution in [3.05, 3.63) is 59.2 Å². The molecule has 0 saturated heterocycles. The lowest BCUT2D eigenvalue weighted by Crippen LogP contribution is -2.16. The first-order chi connectivity index (χ1) is 10.0. The first-order valence-corrected chi connectivity index (χ1v) is 6.25. The normalized spacial score (nSPS) is 16.0. The maximum absolute atomic E-state index is 12.0. The number of carbonyl (C=O) groups is 3. The molecule has 2 rings (SSSR count). The Labute approximate surface area is 120 Å². The van der Waals surface area contributed by atoms with Gasteiger partial charge in [0.15, 0.2) is 17.1 Å². The number of hydrogen-bond donors (Lipinski definition) is 1. The highest BCUT2D eigenvalue weighted by molar-refractivity contribution is 6.26. The van der Waals surface area contributed by atoms with E-state index in [9.17, 15) is 14.4 Å². The van der Waals surface area contributed by atoms with Crippen molar-refractivity contribution in [2.24, 2.45) is 5.73 Å². The van der Waals surface area contributed by atoms with Crippen LogP contribution in [0.4, 0.5) is 0 Å². The zero-order chi connectivity index (χ0) is 15.4. The lowest BCUT2D eigenvalue weighted by atomic mass is 10.1. The summed E-state index contributed by atoms with van der Waals surface area (Å²) in [6.07, 6.45) is 1.01. The van der Waals surface area contributed by atoms with Crippen molar-refractivity contribution in [1.82, 2.24) is 0 Å². The van der Waals surface area contributed by atoms with Gasteiger partial charge in [-0.3, -0.25) is 9.59 Å². The molecule has 2 N–H and O–H groups in total. The van der Waals surface area contributed by atoms with E-state index in [1.54, 1.807) is 37.3 Å². The van der Waals surface area contributed by atoms with Crippen LogP contribution in [0.3, 0.4) is 0 Å². The number of ether oxygens (including phenoxy) is 2. The number of allylic oxidation sites excluding steroid dienone is 2. The Bertz CT molecular complexity index is 658. The predicted molar refractivity (Wildman–Crippen MR) is 72.8 cm³/mol. The third kappa shape index (κ3) is 3.00. The number of nitrogens with two attached hydrogens (primary N) is 1. The van der Waals surface area contributed by atoms with Gasteiger partial charge in [-0.05, 0) is 6.92 Å². The number of hydrogen-bond acceptors (Lipinski definition) is 6. The van der Waals surface area contributed by atoms with E-state index in [0.29, 0.717) is 5.56 Å². The second-order valence-corrected chi connectivity index (χ2v) is 4.13. The Morgan fingerprint density at radius 3 is 2.57 bits per heavy atom. The number of benzene rings is 1. The molecular formula is C15H13NO5. The summed E-state index contributed by atoms with van der Waals surface area (Å²) >= 11 is 0. The van der Waals surface area contributed by atoms with Crippen LogP contribution in [-0.2, 0) is 19.1 Å². The monoisotopic (exact) mass is 287 g/mol. The Morgan fingerprint density at radius 1 is 1.29 bits per heavy atom. The highest BCUT2D eigenvalue weighted by Gasteiger charge is 2.35. The van der Waals surface area contributed by atoms with Gasteiger partial charge in [0.1, 0.15) is 0 Å². The molecule has 21 heavy (non-hydrogen) atoms. The van der Waals surface area contributed by atoms with Crippen LogP contribution in [0, 0.1) is 0 Å². The summed E-state index contributed by atoms with van der Waals surface area (Å²) in [6.45, 7) is 1.70. The number of esters is 1. The number of ketones is 2. The summed E-state index contributed by atoms with van der Waals surface area (Å²) in [5.74, 6) is -2.68. The van der Waals surface area contributed by atoms with Gasteiger partial charge in [0.25, 0.3) is 0 Å². The molecule has 6 heteroatoms. The third-order valence-corrected chi connectivity index (χ3v) is 2.72. The fourth-order valence-corrected chi connectivity index (χ4v) is 1.75. The number of rotatable bonds is 4. The van der Waals surface area contributed by atoms with Gasteiger partial charge < -0.3 is 15.2 Å². The SMILES string of the molecule is CCOC(=O)C1=C(N)O/C(=C\C(=O)c2ccccc2)C1=O. The van der Waals surface area contributed by atoms with Crippen LogP contribution < -0.4 is 5.73 Å². The molecule has 1 heterocycles. The average Bonchev–Trinajstić information content (AvgIpc) is 2.74. The topological polar surface area (TPSA) is 95.7 Å². The molecule has 0 aliphatic carbocycles. The largest absolute Gasteiger partial charge is 0.462 e. The van der Waals surface area contributed by atoms with E-state index in [1.807, 2.05) is 0 Å². The van der Waals surface area contributed by atoms with Crippen LogP contribution in [-0.4, -0.2) is 24.1 Å². The molecule has 0 aromatic heterocycles. The smallest absolute Gasteiger partial charge is 0.347 e. The van der Waals surface area contributed by atoms with Gasteiger partial charge in [0.05, 0.1) is 6.61 Å². The molecule has 0 atom stereocenters. The van der Waals surface area contributed by atoms with E-state index in [-0.39, 0.29) is 23.8 Å². The van der Waals surface area contributed by atoms with E-state index in [4.69, 9.17) is 15.2 Å². The van der Waals surface area contributed by atoms with Crippen LogP contribution in [0.2, 0.25) is 0 Å². The first kappa shape index (κ1) is 14.5. The minimum atomic E-state index is -0.865. The zero-order valence-electron chi connectivity index (χ0n) is 11.3. The van der Waals surface area contributed by atoms with Gasteiger partial charge in [-0.2, -0.15) is 0 Å². The van der Waals surface area contributed by atoms with Crippen LogP contribution in [0.15, 0.2) is 53.6 Å². The minimum absolute atomic E-state index is 0.102. The fraction of sp³-hybridized carbons (Fsp3) is 0.133. The highest BCUT2D eigenvalue weighted by atomic mass is 16.5. The molecule has 1 aromatic carbocycles. The summed E-state index contributed by atoms with van der Waals surface area (Å²) in [7, 11) is 0. The van der Waals surface area contributed by atoms with Gasteiger partial charge >= 0.3 is 5.97 Å². The fourth-order valence-electron chi connectivity index (χ4n) is 1.75. The molecule has 0 bridgehead atoms. The lowest BCUT2D eigenvalue weighted by molar-refractivity contribution is -0.139. The van der Waals surface area contributed by atoms with Crippen molar-refractivity contribution in [2.45, 2.75) is 6.92 Å². The van der Waals surface area contributed by atoms with Crippen LogP contribution in [0.5, 0.6) is 0 Å². The van der Waals surface area contributed by atoms with Crippen molar-refractivity contribution >= 4 is 17.5 Å². The van der Waals surface area contributed by atoms with E-state index in [1.165, 1.54) is 0 Å². The Balaban J connectivity index is 2.22. The molecule has 1 aliphatic heterocycles. The second kappa shape index (κ2) is 6.04. The Hall–Kier alpha value is -2.89. The quantitative estimate of drug-likeness (QED) is 0.385. The summed E-state index contributed by atoms with van der Waals surface area (Å²) in [6, 6.07) is 8.35. The molecule has 6 nitrogen and oxygen atoms in total. The molecule has 1 aromatic rings. The maximum atomic E-state index is 12.0. The van der Waals surface area contributed by atoms with Crippen LogP contribution in [0.25, 0.3) is 0 Å². The molecule has 0 amide bonds. The van der Waals surface area contributed by atoms with Crippen molar-refractivity contribution in [3.8, 4) is 0 Å². The second-order valence-electron chi connectivity index (χ2n) is 4.13. The van der Waals surface area contributed by atoms with Crippen LogP contribution >= 0.6 is 0 Å². The lowest BCUT2D eigenvalue weighted by Gasteiger charge is -1.99. The standard InChI is InChI=1S/C15H13NO5/c1-2-20-15(19)12-13(18)11(21-14(12)16)8-10(17)9-6-4-3-5-7-9/h3-8H,2,16H2,1H3/b11-8-. The molecule has 0 unspecified atom stereocenters. The molecule has 0 spiro atoms. The number of Topliss-reactive ketones (excluding diaryl/α,β-unsaturated/α-hetero) is 1. The van der Waals surface area contributed by atoms with E-state index in [2.05, 4.69) is 0 Å². The van der Waals surface area contributed by atoms with E-state index in [0.717, 1.165) is 6.08 Å². The maximum Gasteiger partial charge on any atom is 0.347 e. The number of carbonyl (C=O) groups excluding carboxylic acids is 3.